The largest absolute Gasteiger partial charge is 0.598 e. The number of benzene rings is 4. The van der Waals surface area contributed by atoms with Crippen LogP contribution in [0.5, 0.6) is 0 Å². The fourth-order valence-electron chi connectivity index (χ4n) is 9.08. The third kappa shape index (κ3) is 10.6. The Bertz CT molecular complexity index is 2270. The van der Waals surface area contributed by atoms with E-state index in [0.717, 1.165) is 66.8 Å². The molecule has 62 heavy (non-hydrogen) atoms. The first-order chi connectivity index (χ1) is 30.0. The van der Waals surface area contributed by atoms with Crippen LogP contribution in [0.1, 0.15) is 92.2 Å². The standard InChI is InChI=1S/C52H63N5O3SSi/c1-7-8-34-61(59)57-38-43-36-47(51(58)53-44-29-32-56(39-44)37-41-20-12-9-13-21-41)54-50(42-24-18-22-40(35-42)23-19-31-55(5)6)49(43)48(57)30-33-60-62(52(2,3)4,45-25-14-10-15-26-45)46-27-16-11-17-28-46/h9-18,20-22,24-28,35-36,44,48H,7-8,29-34,37-39H2,1-6H3,(H,53,58)/t44-,48+,61+/m0/s1. The monoisotopic (exact) mass is 865 g/mol. The Morgan fingerprint density at radius 1 is 0.952 bits per heavy atom. The van der Waals surface area contributed by atoms with Crippen LogP contribution in [0, 0.1) is 11.8 Å². The minimum Gasteiger partial charge on any atom is -0.598 e. The molecule has 1 N–H and O–H groups in total. The molecule has 5 aromatic rings. The Balaban J connectivity index is 1.25. The van der Waals surface area contributed by atoms with Gasteiger partial charge in [0.05, 0.1) is 24.8 Å². The van der Waals surface area contributed by atoms with Crippen LogP contribution in [0.15, 0.2) is 121 Å². The zero-order valence-corrected chi connectivity index (χ0v) is 39.2. The van der Waals surface area contributed by atoms with E-state index in [-0.39, 0.29) is 23.0 Å². The van der Waals surface area contributed by atoms with Crippen molar-refractivity contribution in [1.29, 1.82) is 0 Å². The number of hydrogen-bond acceptors (Lipinski definition) is 7. The summed E-state index contributed by atoms with van der Waals surface area (Å²) in [6, 6.07) is 41.8. The number of aromatic nitrogens is 1. The summed E-state index contributed by atoms with van der Waals surface area (Å²) in [5, 5.41) is 5.61. The molecule has 1 amide bonds. The summed E-state index contributed by atoms with van der Waals surface area (Å²) in [7, 11) is 1.17. The average Bonchev–Trinajstić information content (AvgIpc) is 3.88. The first-order valence-electron chi connectivity index (χ1n) is 22.2. The summed E-state index contributed by atoms with van der Waals surface area (Å²) in [6.07, 6.45) is 3.30. The zero-order valence-electron chi connectivity index (χ0n) is 37.4. The van der Waals surface area contributed by atoms with Crippen LogP contribution in [0.3, 0.4) is 0 Å². The number of likely N-dealkylation sites (tertiary alicyclic amines) is 1. The first-order valence-corrected chi connectivity index (χ1v) is 25.4. The molecule has 0 radical (unpaired) electrons. The Labute approximate surface area is 374 Å². The Hall–Kier alpha value is -4.57. The molecule has 8 nitrogen and oxygen atoms in total. The van der Waals surface area contributed by atoms with Gasteiger partial charge in [-0.05, 0) is 78.1 Å². The summed E-state index contributed by atoms with van der Waals surface area (Å²) in [4.78, 5) is 24.0. The smallest absolute Gasteiger partial charge is 0.270 e. The van der Waals surface area contributed by atoms with Gasteiger partial charge >= 0.3 is 0 Å². The van der Waals surface area contributed by atoms with Crippen molar-refractivity contribution < 1.29 is 13.8 Å². The Morgan fingerprint density at radius 2 is 1.63 bits per heavy atom. The van der Waals surface area contributed by atoms with Crippen LogP contribution in [0.2, 0.25) is 5.04 Å². The average molecular weight is 866 g/mol. The molecule has 0 spiro atoms. The molecular weight excluding hydrogens is 803 g/mol. The summed E-state index contributed by atoms with van der Waals surface area (Å²) < 4.78 is 24.0. The molecule has 3 heterocycles. The molecule has 1 saturated heterocycles. The molecule has 0 bridgehead atoms. The SMILES string of the molecule is CCCC[S@@+]([O-])N1Cc2cc(C(=O)N[C@H]3CCN(Cc4ccccc4)C3)nc(-c3cccc(C#CCN(C)C)c3)c2[C@H]1CCO[Si](c1ccccc1)(c1ccccc1)C(C)(C)C. The minimum atomic E-state index is -2.84. The minimum absolute atomic E-state index is 0.0180. The van der Waals surface area contributed by atoms with E-state index in [4.69, 9.17) is 9.41 Å². The summed E-state index contributed by atoms with van der Waals surface area (Å²) in [6.45, 7) is 13.1. The second-order valence-electron chi connectivity index (χ2n) is 18.0. The van der Waals surface area contributed by atoms with Crippen LogP contribution in [0.4, 0.5) is 0 Å². The molecule has 2 aliphatic rings. The lowest BCUT2D eigenvalue weighted by molar-refractivity contribution is 0.0932. The maximum Gasteiger partial charge on any atom is 0.270 e. The third-order valence-corrected chi connectivity index (χ3v) is 18.7. The van der Waals surface area contributed by atoms with Gasteiger partial charge in [0.25, 0.3) is 14.2 Å². The second kappa shape index (κ2) is 20.7. The van der Waals surface area contributed by atoms with Crippen LogP contribution in [0.25, 0.3) is 11.3 Å². The fraction of sp³-hybridized carbons (Fsp3) is 0.385. The van der Waals surface area contributed by atoms with Gasteiger partial charge in [0.15, 0.2) is 0 Å². The molecule has 2 aliphatic heterocycles. The van der Waals surface area contributed by atoms with Crippen molar-refractivity contribution in [3.05, 3.63) is 149 Å². The fourth-order valence-corrected chi connectivity index (χ4v) is 15.2. The number of hydrogen-bond donors (Lipinski definition) is 1. The van der Waals surface area contributed by atoms with Gasteiger partial charge in [-0.3, -0.25) is 14.6 Å². The van der Waals surface area contributed by atoms with Crippen molar-refractivity contribution in [2.24, 2.45) is 0 Å². The van der Waals surface area contributed by atoms with Gasteiger partial charge < -0.3 is 14.3 Å². The van der Waals surface area contributed by atoms with Crippen molar-refractivity contribution in [2.45, 2.75) is 83.6 Å². The Kier molecular flexibility index (Phi) is 15.2. The summed E-state index contributed by atoms with van der Waals surface area (Å²) in [5.41, 5.74) is 6.17. The normalized spacial score (nSPS) is 17.4. The van der Waals surface area contributed by atoms with Crippen molar-refractivity contribution in [2.75, 3.05) is 46.1 Å². The zero-order chi connectivity index (χ0) is 43.7. The highest BCUT2D eigenvalue weighted by Gasteiger charge is 2.50. The van der Waals surface area contributed by atoms with Crippen LogP contribution >= 0.6 is 0 Å². The molecule has 0 saturated carbocycles. The van der Waals surface area contributed by atoms with E-state index in [1.165, 1.54) is 15.9 Å². The number of nitrogens with one attached hydrogen (secondary N) is 1. The maximum atomic E-state index is 14.4. The van der Waals surface area contributed by atoms with Gasteiger partial charge in [0, 0.05) is 60.3 Å². The summed E-state index contributed by atoms with van der Waals surface area (Å²) >= 11 is -1.26. The van der Waals surface area contributed by atoms with Crippen LogP contribution in [-0.2, 0) is 28.9 Å². The number of pyridine rings is 1. The third-order valence-electron chi connectivity index (χ3n) is 12.1. The molecule has 324 valence electrons. The van der Waals surface area contributed by atoms with Gasteiger partial charge in [0.2, 0.25) is 0 Å². The molecule has 4 aromatic carbocycles. The van der Waals surface area contributed by atoms with Crippen molar-refractivity contribution >= 4 is 36.0 Å². The maximum absolute atomic E-state index is 14.4. The predicted octanol–water partition coefficient (Wildman–Crippen LogP) is 7.95. The van der Waals surface area contributed by atoms with Gasteiger partial charge in [-0.2, -0.15) is 0 Å². The van der Waals surface area contributed by atoms with E-state index in [1.807, 2.05) is 43.3 Å². The molecule has 3 atom stereocenters. The molecule has 1 fully saturated rings. The van der Waals surface area contributed by atoms with Crippen LogP contribution in [-0.4, -0.2) is 90.0 Å². The molecule has 10 heteroatoms. The first kappa shape index (κ1) is 45.5. The van der Waals surface area contributed by atoms with Gasteiger partial charge in [0.1, 0.15) is 11.4 Å². The highest BCUT2D eigenvalue weighted by molar-refractivity contribution is 7.89. The quantitative estimate of drug-likeness (QED) is 0.0613. The van der Waals surface area contributed by atoms with Crippen molar-refractivity contribution in [1.82, 2.24) is 24.4 Å². The van der Waals surface area contributed by atoms with E-state index in [0.29, 0.717) is 37.6 Å². The van der Waals surface area contributed by atoms with E-state index in [2.05, 4.69) is 151 Å². The number of amides is 1. The molecule has 7 rings (SSSR count). The van der Waals surface area contributed by atoms with Gasteiger partial charge in [-0.15, -0.1) is 4.31 Å². The Morgan fingerprint density at radius 3 is 2.27 bits per heavy atom. The van der Waals surface area contributed by atoms with E-state index < -0.39 is 19.7 Å². The van der Waals surface area contributed by atoms with Crippen molar-refractivity contribution in [3.8, 4) is 23.1 Å². The molecule has 1 aromatic heterocycles. The highest BCUT2D eigenvalue weighted by Crippen LogP contribution is 2.44. The van der Waals surface area contributed by atoms with E-state index in [1.54, 1.807) is 0 Å². The lowest BCUT2D eigenvalue weighted by Gasteiger charge is -2.43. The van der Waals surface area contributed by atoms with Gasteiger partial charge in [-0.25, -0.2) is 4.98 Å². The summed E-state index contributed by atoms with van der Waals surface area (Å²) in [5.74, 6) is 7.01. The number of carbonyl (C=O) groups is 1. The van der Waals surface area contributed by atoms with Gasteiger partial charge in [-0.1, -0.05) is 149 Å². The number of carbonyl (C=O) groups excluding carboxylic acids is 1. The van der Waals surface area contributed by atoms with Crippen LogP contribution < -0.4 is 15.7 Å². The molecule has 0 aliphatic carbocycles. The lowest BCUT2D eigenvalue weighted by atomic mass is 9.95. The molecular formula is C52H63N5O3SSi. The molecule has 0 unspecified atom stereocenters. The lowest BCUT2D eigenvalue weighted by Crippen LogP contribution is -2.66. The van der Waals surface area contributed by atoms with Crippen molar-refractivity contribution in [3.63, 3.8) is 0 Å². The van der Waals surface area contributed by atoms with E-state index >= 15 is 0 Å². The number of fused-ring (bicyclic) bond motifs is 1. The van der Waals surface area contributed by atoms with E-state index in [9.17, 15) is 9.35 Å². The number of unbranched alkanes of at least 4 members (excludes halogenated alkanes) is 1. The number of rotatable bonds is 16. The second-order valence-corrected chi connectivity index (χ2v) is 23.8. The predicted molar refractivity (Wildman–Crippen MR) is 257 cm³/mol. The highest BCUT2D eigenvalue weighted by atomic mass is 32.2. The topological polar surface area (TPSA) is 84.0 Å². The number of nitrogens with zero attached hydrogens (tertiary/aromatic N) is 4.